The van der Waals surface area contributed by atoms with E-state index in [1.54, 1.807) is 4.83 Å². The topological polar surface area (TPSA) is 72.2 Å². The summed E-state index contributed by atoms with van der Waals surface area (Å²) < 4.78 is 22.5. The van der Waals surface area contributed by atoms with E-state index in [-0.39, 0.29) is 20.0 Å². The smallest absolute Gasteiger partial charge is 0.254 e. The van der Waals surface area contributed by atoms with E-state index in [0.29, 0.717) is 0 Å². The van der Waals surface area contributed by atoms with Gasteiger partial charge in [0.2, 0.25) is 0 Å². The van der Waals surface area contributed by atoms with Gasteiger partial charge in [-0.05, 0) is 12.1 Å². The first-order valence-electron chi connectivity index (χ1n) is 3.25. The van der Waals surface area contributed by atoms with Gasteiger partial charge in [0, 0.05) is 0 Å². The fourth-order valence-corrected chi connectivity index (χ4v) is 2.41. The van der Waals surface area contributed by atoms with Gasteiger partial charge in [-0.2, -0.15) is 4.83 Å². The van der Waals surface area contributed by atoms with Crippen LogP contribution in [0.4, 0.5) is 0 Å². The second-order valence-electron chi connectivity index (χ2n) is 2.32. The Morgan fingerprint density at radius 3 is 2.07 bits per heavy atom. The zero-order valence-corrected chi connectivity index (χ0v) is 9.67. The highest BCUT2D eigenvalue weighted by atomic mass is 35.5. The number of rotatable bonds is 2. The predicted molar refractivity (Wildman–Crippen MR) is 56.0 cm³/mol. The van der Waals surface area contributed by atoms with Crippen LogP contribution in [-0.4, -0.2) is 8.42 Å². The maximum Gasteiger partial charge on any atom is 0.254 e. The highest BCUT2D eigenvalue weighted by Crippen LogP contribution is 2.31. The molecule has 0 aliphatic carbocycles. The number of nitrogens with one attached hydrogen (secondary N) is 1. The number of hydrogen-bond acceptors (Lipinski definition) is 3. The minimum absolute atomic E-state index is 0.0441. The number of sulfonamides is 1. The molecule has 1 rings (SSSR count). The second-order valence-corrected chi connectivity index (χ2v) is 5.22. The van der Waals surface area contributed by atoms with E-state index in [2.05, 4.69) is 0 Å². The molecule has 0 aromatic heterocycles. The normalized spacial score (nSPS) is 11.7. The molecule has 0 fully saturated rings. The Kier molecular flexibility index (Phi) is 3.63. The standard InChI is InChI=1S/C6H5Cl3N2O2S/c7-3-1-5(9)6(2-4(3)8)14(12,13)11-10/h1-2,11H,10H2. The van der Waals surface area contributed by atoms with Crippen LogP contribution in [0.3, 0.4) is 0 Å². The summed E-state index contributed by atoms with van der Waals surface area (Å²) in [5, 5.41) is 0.217. The van der Waals surface area contributed by atoms with Gasteiger partial charge in [0.15, 0.2) is 0 Å². The average Bonchev–Trinajstić information content (AvgIpc) is 2.11. The molecule has 8 heteroatoms. The summed E-state index contributed by atoms with van der Waals surface area (Å²) >= 11 is 16.9. The average molecular weight is 276 g/mol. The lowest BCUT2D eigenvalue weighted by Crippen LogP contribution is -2.30. The summed E-state index contributed by atoms with van der Waals surface area (Å²) in [5.74, 6) is 4.82. The minimum atomic E-state index is -3.82. The number of nitrogens with two attached hydrogens (primary N) is 1. The van der Waals surface area contributed by atoms with Gasteiger partial charge in [-0.3, -0.25) is 5.84 Å². The third kappa shape index (κ3) is 2.31. The Balaban J connectivity index is 3.45. The van der Waals surface area contributed by atoms with Crippen molar-refractivity contribution in [3.05, 3.63) is 27.2 Å². The van der Waals surface area contributed by atoms with Gasteiger partial charge in [-0.25, -0.2) is 8.42 Å². The predicted octanol–water partition coefficient (Wildman–Crippen LogP) is 1.80. The van der Waals surface area contributed by atoms with Crippen molar-refractivity contribution < 1.29 is 8.42 Å². The van der Waals surface area contributed by atoms with Crippen molar-refractivity contribution >= 4 is 44.8 Å². The lowest BCUT2D eigenvalue weighted by molar-refractivity contribution is 0.584. The minimum Gasteiger partial charge on any atom is -0.257 e. The highest BCUT2D eigenvalue weighted by molar-refractivity contribution is 7.89. The van der Waals surface area contributed by atoms with Crippen LogP contribution in [0.5, 0.6) is 0 Å². The molecule has 0 unspecified atom stereocenters. The fourth-order valence-electron chi connectivity index (χ4n) is 0.774. The lowest BCUT2D eigenvalue weighted by atomic mass is 10.4. The van der Waals surface area contributed by atoms with Crippen molar-refractivity contribution in [2.24, 2.45) is 5.84 Å². The third-order valence-corrected chi connectivity index (χ3v) is 3.79. The Morgan fingerprint density at radius 1 is 1.07 bits per heavy atom. The summed E-state index contributed by atoms with van der Waals surface area (Å²) in [5.41, 5.74) is 0. The van der Waals surface area contributed by atoms with E-state index in [4.69, 9.17) is 40.6 Å². The molecule has 0 saturated heterocycles. The fraction of sp³-hybridized carbons (Fsp3) is 0. The lowest BCUT2D eigenvalue weighted by Gasteiger charge is -2.05. The third-order valence-electron chi connectivity index (χ3n) is 1.42. The van der Waals surface area contributed by atoms with Crippen LogP contribution in [0.2, 0.25) is 15.1 Å². The van der Waals surface area contributed by atoms with Crippen LogP contribution in [0.25, 0.3) is 0 Å². The molecule has 3 N–H and O–H groups in total. The van der Waals surface area contributed by atoms with Gasteiger partial charge in [-0.15, -0.1) is 0 Å². The number of halogens is 3. The number of hydrazine groups is 1. The summed E-state index contributed by atoms with van der Waals surface area (Å²) in [6, 6.07) is 2.36. The van der Waals surface area contributed by atoms with Crippen LogP contribution < -0.4 is 10.7 Å². The summed E-state index contributed by atoms with van der Waals surface area (Å²) in [6.45, 7) is 0. The Hall–Kier alpha value is -0.0400. The summed E-state index contributed by atoms with van der Waals surface area (Å²) in [7, 11) is -3.82. The van der Waals surface area contributed by atoms with Crippen LogP contribution in [0.15, 0.2) is 17.0 Å². The van der Waals surface area contributed by atoms with Gasteiger partial charge in [0.25, 0.3) is 10.0 Å². The molecule has 0 aliphatic heterocycles. The Morgan fingerprint density at radius 2 is 1.57 bits per heavy atom. The van der Waals surface area contributed by atoms with E-state index in [0.717, 1.165) is 6.07 Å². The maximum absolute atomic E-state index is 11.3. The molecule has 0 amide bonds. The quantitative estimate of drug-likeness (QED) is 0.491. The zero-order valence-electron chi connectivity index (χ0n) is 6.59. The number of hydrogen-bond donors (Lipinski definition) is 2. The van der Waals surface area contributed by atoms with E-state index >= 15 is 0 Å². The van der Waals surface area contributed by atoms with Crippen molar-refractivity contribution in [2.75, 3.05) is 0 Å². The molecule has 0 bridgehead atoms. The molecular formula is C6H5Cl3N2O2S. The van der Waals surface area contributed by atoms with Crippen LogP contribution in [-0.2, 0) is 10.0 Å². The largest absolute Gasteiger partial charge is 0.257 e. The van der Waals surface area contributed by atoms with Crippen molar-refractivity contribution in [2.45, 2.75) is 4.90 Å². The Bertz CT molecular complexity index is 460. The van der Waals surface area contributed by atoms with Crippen molar-refractivity contribution in [3.8, 4) is 0 Å². The van der Waals surface area contributed by atoms with E-state index < -0.39 is 10.0 Å². The van der Waals surface area contributed by atoms with E-state index in [9.17, 15) is 8.42 Å². The molecule has 0 saturated carbocycles. The first-order chi connectivity index (χ1) is 6.38. The van der Waals surface area contributed by atoms with Crippen molar-refractivity contribution in [1.82, 2.24) is 4.83 Å². The molecule has 0 aliphatic rings. The first kappa shape index (κ1) is 12.0. The van der Waals surface area contributed by atoms with Gasteiger partial charge >= 0.3 is 0 Å². The molecule has 1 aromatic rings. The molecule has 1 aromatic carbocycles. The van der Waals surface area contributed by atoms with Crippen molar-refractivity contribution in [1.29, 1.82) is 0 Å². The van der Waals surface area contributed by atoms with Crippen molar-refractivity contribution in [3.63, 3.8) is 0 Å². The molecule has 0 spiro atoms. The SMILES string of the molecule is NNS(=O)(=O)c1cc(Cl)c(Cl)cc1Cl. The molecule has 4 nitrogen and oxygen atoms in total. The molecule has 0 radical (unpaired) electrons. The molecule has 78 valence electrons. The molecular weight excluding hydrogens is 271 g/mol. The number of benzene rings is 1. The maximum atomic E-state index is 11.3. The Labute approximate surface area is 96.0 Å². The molecule has 14 heavy (non-hydrogen) atoms. The first-order valence-corrected chi connectivity index (χ1v) is 5.87. The van der Waals surface area contributed by atoms with Crippen LogP contribution >= 0.6 is 34.8 Å². The second kappa shape index (κ2) is 4.22. The van der Waals surface area contributed by atoms with E-state index in [1.807, 2.05) is 0 Å². The van der Waals surface area contributed by atoms with Gasteiger partial charge < -0.3 is 0 Å². The highest BCUT2D eigenvalue weighted by Gasteiger charge is 2.18. The van der Waals surface area contributed by atoms with Gasteiger partial charge in [-0.1, -0.05) is 34.8 Å². The molecule has 0 heterocycles. The monoisotopic (exact) mass is 274 g/mol. The van der Waals surface area contributed by atoms with Crippen LogP contribution in [0, 0.1) is 0 Å². The van der Waals surface area contributed by atoms with Gasteiger partial charge in [0.1, 0.15) is 4.90 Å². The summed E-state index contributed by atoms with van der Waals surface area (Å²) in [6.07, 6.45) is 0. The summed E-state index contributed by atoms with van der Waals surface area (Å²) in [4.78, 5) is 1.42. The van der Waals surface area contributed by atoms with Crippen LogP contribution in [0.1, 0.15) is 0 Å². The molecule has 0 atom stereocenters. The van der Waals surface area contributed by atoms with E-state index in [1.165, 1.54) is 6.07 Å². The zero-order chi connectivity index (χ0) is 10.9. The van der Waals surface area contributed by atoms with Gasteiger partial charge in [0.05, 0.1) is 15.1 Å².